The lowest BCUT2D eigenvalue weighted by molar-refractivity contribution is 0.210. The molecule has 1 aromatic rings. The third-order valence-corrected chi connectivity index (χ3v) is 4.07. The first kappa shape index (κ1) is 10.9. The van der Waals surface area contributed by atoms with E-state index >= 15 is 0 Å². The molecule has 1 aliphatic heterocycles. The van der Waals surface area contributed by atoms with Gasteiger partial charge in [-0.25, -0.2) is 4.39 Å². The maximum absolute atomic E-state index is 12.9. The molecule has 0 aliphatic carbocycles. The molecule has 2 rings (SSSR count). The molecule has 0 aromatic heterocycles. The highest BCUT2D eigenvalue weighted by molar-refractivity contribution is 7.89. The van der Waals surface area contributed by atoms with E-state index in [9.17, 15) is 8.94 Å². The molecule has 0 N–H and O–H groups in total. The molecule has 0 amide bonds. The first-order valence-electron chi connectivity index (χ1n) is 5.13. The molecule has 1 unspecified atom stereocenters. The van der Waals surface area contributed by atoms with Crippen molar-refractivity contribution in [1.29, 1.82) is 0 Å². The summed E-state index contributed by atoms with van der Waals surface area (Å²) in [7, 11) is 0. The number of alkyl halides is 1. The molecular formula is C11H14FNOS. The summed E-state index contributed by atoms with van der Waals surface area (Å²) >= 11 is -1.12. The van der Waals surface area contributed by atoms with E-state index in [-0.39, 0.29) is 0 Å². The van der Waals surface area contributed by atoms with Gasteiger partial charge in [0.15, 0.2) is 4.90 Å². The lowest BCUT2D eigenvalue weighted by Gasteiger charge is -2.28. The fraction of sp³-hybridized carbons (Fsp3) is 0.455. The summed E-state index contributed by atoms with van der Waals surface area (Å²) in [6.07, 6.45) is 0.283. The minimum Gasteiger partial charge on any atom is -0.593 e. The van der Waals surface area contributed by atoms with Crippen LogP contribution in [-0.4, -0.2) is 28.1 Å². The van der Waals surface area contributed by atoms with Crippen LogP contribution in [0.4, 0.5) is 4.39 Å². The smallest absolute Gasteiger partial charge is 0.174 e. The largest absolute Gasteiger partial charge is 0.593 e. The van der Waals surface area contributed by atoms with Crippen LogP contribution < -0.4 is 0 Å². The molecule has 1 atom stereocenters. The Bertz CT molecular complexity index is 301. The van der Waals surface area contributed by atoms with E-state index in [0.29, 0.717) is 25.9 Å². The number of halogens is 1. The van der Waals surface area contributed by atoms with E-state index in [1.807, 2.05) is 34.6 Å². The Morgan fingerprint density at radius 3 is 2.40 bits per heavy atom. The first-order valence-corrected chi connectivity index (χ1v) is 6.24. The third-order valence-electron chi connectivity index (χ3n) is 2.56. The Kier molecular flexibility index (Phi) is 3.61. The minimum absolute atomic E-state index is 0.499. The zero-order valence-electron chi connectivity index (χ0n) is 8.43. The van der Waals surface area contributed by atoms with E-state index in [0.717, 1.165) is 4.90 Å². The molecule has 0 radical (unpaired) electrons. The number of piperidine rings is 1. The van der Waals surface area contributed by atoms with Gasteiger partial charge in [-0.3, -0.25) is 0 Å². The molecule has 1 aliphatic rings. The topological polar surface area (TPSA) is 26.3 Å². The predicted octanol–water partition coefficient (Wildman–Crippen LogP) is 2.14. The molecule has 1 aromatic carbocycles. The summed E-state index contributed by atoms with van der Waals surface area (Å²) in [5.74, 6) is 0. The molecule has 1 saturated heterocycles. The van der Waals surface area contributed by atoms with Crippen molar-refractivity contribution in [3.05, 3.63) is 30.3 Å². The van der Waals surface area contributed by atoms with Crippen LogP contribution in [0.2, 0.25) is 0 Å². The van der Waals surface area contributed by atoms with Crippen molar-refractivity contribution in [1.82, 2.24) is 4.31 Å². The van der Waals surface area contributed by atoms with Crippen LogP contribution in [0.1, 0.15) is 12.8 Å². The second-order valence-electron chi connectivity index (χ2n) is 3.67. The number of benzene rings is 1. The molecule has 15 heavy (non-hydrogen) atoms. The molecule has 0 bridgehead atoms. The number of nitrogens with zero attached hydrogens (tertiary/aromatic N) is 1. The van der Waals surface area contributed by atoms with Crippen molar-refractivity contribution in [2.45, 2.75) is 23.9 Å². The lowest BCUT2D eigenvalue weighted by atomic mass is 10.1. The summed E-state index contributed by atoms with van der Waals surface area (Å²) in [4.78, 5) is 0.801. The van der Waals surface area contributed by atoms with Gasteiger partial charge >= 0.3 is 0 Å². The molecule has 1 fully saturated rings. The zero-order valence-corrected chi connectivity index (χ0v) is 9.25. The first-order chi connectivity index (χ1) is 7.27. The van der Waals surface area contributed by atoms with Gasteiger partial charge in [0.25, 0.3) is 0 Å². The summed E-state index contributed by atoms with van der Waals surface area (Å²) in [5, 5.41) is 0. The molecule has 1 heterocycles. The zero-order chi connectivity index (χ0) is 10.7. The van der Waals surface area contributed by atoms with E-state index in [4.69, 9.17) is 0 Å². The minimum atomic E-state index is -1.12. The molecular weight excluding hydrogens is 213 g/mol. The van der Waals surface area contributed by atoms with E-state index < -0.39 is 17.5 Å². The Labute approximate surface area is 92.4 Å². The van der Waals surface area contributed by atoms with E-state index in [1.165, 1.54) is 0 Å². The third kappa shape index (κ3) is 2.71. The van der Waals surface area contributed by atoms with Crippen molar-refractivity contribution in [3.8, 4) is 0 Å². The van der Waals surface area contributed by atoms with Gasteiger partial charge in [-0.15, -0.1) is 4.31 Å². The van der Waals surface area contributed by atoms with Crippen molar-refractivity contribution in [3.63, 3.8) is 0 Å². The van der Waals surface area contributed by atoms with Gasteiger partial charge in [0, 0.05) is 13.1 Å². The van der Waals surface area contributed by atoms with Crippen LogP contribution >= 0.6 is 0 Å². The predicted molar refractivity (Wildman–Crippen MR) is 58.6 cm³/mol. The Morgan fingerprint density at radius 2 is 1.80 bits per heavy atom. The van der Waals surface area contributed by atoms with Gasteiger partial charge in [0.2, 0.25) is 0 Å². The van der Waals surface area contributed by atoms with Crippen LogP contribution in [0, 0.1) is 0 Å². The monoisotopic (exact) mass is 227 g/mol. The number of hydrogen-bond acceptors (Lipinski definition) is 2. The van der Waals surface area contributed by atoms with Crippen molar-refractivity contribution in [2.24, 2.45) is 0 Å². The Hall–Kier alpha value is -0.580. The summed E-state index contributed by atoms with van der Waals surface area (Å²) in [6, 6.07) is 9.33. The average Bonchev–Trinajstić information content (AvgIpc) is 2.30. The average molecular weight is 227 g/mol. The van der Waals surface area contributed by atoms with Gasteiger partial charge in [0.05, 0.1) is 11.4 Å². The second-order valence-corrected chi connectivity index (χ2v) is 5.15. The van der Waals surface area contributed by atoms with Gasteiger partial charge in [-0.2, -0.15) is 0 Å². The van der Waals surface area contributed by atoms with Crippen LogP contribution in [0.3, 0.4) is 0 Å². The van der Waals surface area contributed by atoms with Crippen molar-refractivity contribution < 1.29 is 8.94 Å². The number of hydrogen-bond donors (Lipinski definition) is 0. The van der Waals surface area contributed by atoms with Gasteiger partial charge in [-0.05, 0) is 25.0 Å². The highest BCUT2D eigenvalue weighted by Gasteiger charge is 2.27. The van der Waals surface area contributed by atoms with Crippen LogP contribution in [-0.2, 0) is 11.4 Å². The molecule has 2 nitrogen and oxygen atoms in total. The second kappa shape index (κ2) is 4.96. The fourth-order valence-corrected chi connectivity index (χ4v) is 2.91. The Balaban J connectivity index is 1.99. The fourth-order valence-electron chi connectivity index (χ4n) is 1.68. The summed E-state index contributed by atoms with van der Waals surface area (Å²) < 4.78 is 26.8. The maximum atomic E-state index is 12.9. The van der Waals surface area contributed by atoms with Crippen LogP contribution in [0.25, 0.3) is 0 Å². The summed E-state index contributed by atoms with van der Waals surface area (Å²) in [6.45, 7) is 1.17. The van der Waals surface area contributed by atoms with Crippen LogP contribution in [0.15, 0.2) is 35.2 Å². The standard InChI is InChI=1S/C11H14FNOS/c12-10-6-8-13(9-7-10)15(14)11-4-2-1-3-5-11/h1-5,10H,6-9H2. The maximum Gasteiger partial charge on any atom is 0.174 e. The van der Waals surface area contributed by atoms with Crippen molar-refractivity contribution >= 4 is 11.4 Å². The van der Waals surface area contributed by atoms with Gasteiger partial charge < -0.3 is 4.55 Å². The van der Waals surface area contributed by atoms with E-state index in [2.05, 4.69) is 0 Å². The SMILES string of the molecule is [O-][S+](c1ccccc1)N1CCC(F)CC1. The van der Waals surface area contributed by atoms with Crippen molar-refractivity contribution in [2.75, 3.05) is 13.1 Å². The van der Waals surface area contributed by atoms with Gasteiger partial charge in [-0.1, -0.05) is 18.2 Å². The molecule has 82 valence electrons. The highest BCUT2D eigenvalue weighted by Crippen LogP contribution is 2.21. The molecule has 0 saturated carbocycles. The summed E-state index contributed by atoms with van der Waals surface area (Å²) in [5.41, 5.74) is 0. The molecule has 0 spiro atoms. The number of rotatable bonds is 2. The normalized spacial score (nSPS) is 21.5. The Morgan fingerprint density at radius 1 is 1.20 bits per heavy atom. The lowest BCUT2D eigenvalue weighted by Crippen LogP contribution is -2.38. The quantitative estimate of drug-likeness (QED) is 0.724. The van der Waals surface area contributed by atoms with Crippen LogP contribution in [0.5, 0.6) is 0 Å². The highest BCUT2D eigenvalue weighted by atomic mass is 32.2. The van der Waals surface area contributed by atoms with E-state index in [1.54, 1.807) is 0 Å². The van der Waals surface area contributed by atoms with Gasteiger partial charge in [0.1, 0.15) is 6.17 Å². The molecule has 4 heteroatoms.